The molecule has 0 bridgehead atoms. The fraction of sp³-hybridized carbons (Fsp3) is 1.00. The van der Waals surface area contributed by atoms with E-state index in [1.54, 1.807) is 0 Å². The summed E-state index contributed by atoms with van der Waals surface area (Å²) in [6.45, 7) is 0.761. The summed E-state index contributed by atoms with van der Waals surface area (Å²) in [5.41, 5.74) is -2.08. The molecule has 0 aliphatic heterocycles. The van der Waals surface area contributed by atoms with Crippen LogP contribution in [0.25, 0.3) is 0 Å². The van der Waals surface area contributed by atoms with Crippen LogP contribution in [0.4, 0.5) is 13.2 Å². The molecule has 0 heterocycles. The highest BCUT2D eigenvalue weighted by molar-refractivity contribution is 8.68. The number of hydrogen-bond acceptors (Lipinski definition) is 2. The molecule has 0 aromatic carbocycles. The van der Waals surface area contributed by atoms with E-state index in [4.69, 9.17) is 0 Å². The van der Waals surface area contributed by atoms with Gasteiger partial charge < -0.3 is 9.11 Å². The summed E-state index contributed by atoms with van der Waals surface area (Å²) >= 11 is 4.23. The van der Waals surface area contributed by atoms with Crippen LogP contribution in [0.15, 0.2) is 0 Å². The van der Waals surface area contributed by atoms with Crippen LogP contribution in [0.1, 0.15) is 6.92 Å². The minimum absolute atomic E-state index is 0.761. The van der Waals surface area contributed by atoms with E-state index in [1.165, 1.54) is 0 Å². The highest BCUT2D eigenvalue weighted by Gasteiger charge is 2.54. The third kappa shape index (κ3) is 3.75. The molecule has 2 nitrogen and oxygen atoms in total. The third-order valence-electron chi connectivity index (χ3n) is 0.603. The summed E-state index contributed by atoms with van der Waals surface area (Å²) in [5, 5.41) is 0. The van der Waals surface area contributed by atoms with Crippen LogP contribution in [0.5, 0.6) is 0 Å². The first-order chi connectivity index (χ1) is 4.76. The third-order valence-corrected chi connectivity index (χ3v) is 4.82. The van der Waals surface area contributed by atoms with Gasteiger partial charge in [-0.2, -0.15) is 4.39 Å². The minimum atomic E-state index is -4.13. The number of rotatable bonds is 3. The van der Waals surface area contributed by atoms with Gasteiger partial charge >= 0.3 is 4.71 Å². The molecular weight excluding hydrogens is 225 g/mol. The fourth-order valence-corrected chi connectivity index (χ4v) is 2.48. The van der Waals surface area contributed by atoms with Gasteiger partial charge in [0.15, 0.2) is 0 Å². The second-order valence-corrected chi connectivity index (χ2v) is 6.23. The molecule has 0 radical (unpaired) electrons. The maximum absolute atomic E-state index is 12.0. The van der Waals surface area contributed by atoms with E-state index >= 15 is 0 Å². The molecule has 0 saturated carbocycles. The van der Waals surface area contributed by atoms with Crippen LogP contribution in [0.2, 0.25) is 0 Å². The highest BCUT2D eigenvalue weighted by Crippen LogP contribution is 2.32. The van der Waals surface area contributed by atoms with Crippen molar-refractivity contribution >= 4 is 32.0 Å². The zero-order valence-corrected chi connectivity index (χ0v) is 7.61. The summed E-state index contributed by atoms with van der Waals surface area (Å²) in [6, 6.07) is 0. The number of alkyl halides is 4. The van der Waals surface area contributed by atoms with Gasteiger partial charge in [-0.1, -0.05) is 0 Å². The van der Waals surface area contributed by atoms with E-state index in [0.29, 0.717) is 0 Å². The van der Waals surface area contributed by atoms with Gasteiger partial charge in [0.25, 0.3) is 15.7 Å². The predicted octanol–water partition coefficient (Wildman–Crippen LogP) is 1.50. The van der Waals surface area contributed by atoms with E-state index in [0.717, 1.165) is 6.92 Å². The van der Waals surface area contributed by atoms with E-state index in [9.17, 15) is 22.3 Å². The second kappa shape index (κ2) is 4.08. The van der Waals surface area contributed by atoms with Crippen molar-refractivity contribution in [2.45, 2.75) is 17.1 Å². The van der Waals surface area contributed by atoms with Crippen molar-refractivity contribution in [2.24, 2.45) is 0 Å². The van der Waals surface area contributed by atoms with Gasteiger partial charge in [-0.05, 0) is 0 Å². The largest absolute Gasteiger partial charge is 0.569 e. The fourth-order valence-electron chi connectivity index (χ4n) is 0.214. The average Bonchev–Trinajstić information content (AvgIpc) is 1.82. The molecule has 0 aliphatic rings. The molecule has 8 heteroatoms. The Morgan fingerprint density at radius 1 is 1.45 bits per heavy atom. The first-order valence-electron chi connectivity index (χ1n) is 2.30. The molecule has 0 N–H and O–H groups in total. The maximum Gasteiger partial charge on any atom is 0.540 e. The zero-order valence-electron chi connectivity index (χ0n) is 5.22. The zero-order chi connectivity index (χ0) is 9.23. The van der Waals surface area contributed by atoms with Crippen molar-refractivity contribution in [2.75, 3.05) is 0 Å². The average molecular weight is 229 g/mol. The van der Waals surface area contributed by atoms with Gasteiger partial charge in [0.2, 0.25) is 10.2 Å². The summed E-state index contributed by atoms with van der Waals surface area (Å²) in [7, 11) is -5.95. The normalized spacial score (nSPS) is 21.0. The Kier molecular flexibility index (Phi) is 4.34. The van der Waals surface area contributed by atoms with Gasteiger partial charge in [0.1, 0.15) is 0 Å². The monoisotopic (exact) mass is 228 g/mol. The molecule has 68 valence electrons. The van der Waals surface area contributed by atoms with Gasteiger partial charge in [-0.25, -0.2) is 0 Å². The quantitative estimate of drug-likeness (QED) is 0.418. The standard InChI is InChI=1S/C3H4ClF3O2S2/c1-2(5)10(8)11(9)3(4,6)7/h2H,1H3. The molecule has 0 aliphatic carbocycles. The maximum atomic E-state index is 12.0. The highest BCUT2D eigenvalue weighted by atomic mass is 35.5. The van der Waals surface area contributed by atoms with Crippen molar-refractivity contribution < 1.29 is 22.3 Å². The predicted molar refractivity (Wildman–Crippen MR) is 37.7 cm³/mol. The molecule has 0 amide bonds. The van der Waals surface area contributed by atoms with Gasteiger partial charge in [-0.15, -0.1) is 8.78 Å². The lowest BCUT2D eigenvalue weighted by atomic mass is 10.9. The Hall–Kier alpha value is 0.700. The van der Waals surface area contributed by atoms with Gasteiger partial charge in [-0.3, -0.25) is 0 Å². The number of halogens is 4. The summed E-state index contributed by atoms with van der Waals surface area (Å²) in [4.78, 5) is 0. The van der Waals surface area contributed by atoms with Crippen molar-refractivity contribution in [3.8, 4) is 0 Å². The molecule has 3 unspecified atom stereocenters. The molecule has 0 aromatic rings. The SMILES string of the molecule is CC(F)[S+]([O-])[S+]([O-])C(F)(F)Cl. The van der Waals surface area contributed by atoms with Crippen LogP contribution in [-0.2, 0) is 20.4 Å². The van der Waals surface area contributed by atoms with Crippen molar-refractivity contribution in [1.29, 1.82) is 0 Å². The minimum Gasteiger partial charge on any atom is -0.569 e. The lowest BCUT2D eigenvalue weighted by Gasteiger charge is -2.14. The van der Waals surface area contributed by atoms with Crippen molar-refractivity contribution in [3.05, 3.63) is 0 Å². The Balaban J connectivity index is 4.13. The second-order valence-electron chi connectivity index (χ2n) is 1.48. The van der Waals surface area contributed by atoms with Crippen LogP contribution in [-0.4, -0.2) is 19.3 Å². The smallest absolute Gasteiger partial charge is 0.540 e. The molecule has 0 rings (SSSR count). The van der Waals surface area contributed by atoms with Gasteiger partial charge in [0.05, 0.1) is 0 Å². The summed E-state index contributed by atoms with van der Waals surface area (Å²) in [5.74, 6) is 0. The first-order valence-corrected chi connectivity index (χ1v) is 5.56. The van der Waals surface area contributed by atoms with E-state index in [-0.39, 0.29) is 0 Å². The topological polar surface area (TPSA) is 46.1 Å². The Labute approximate surface area is 71.9 Å². The molecule has 0 aromatic heterocycles. The van der Waals surface area contributed by atoms with Crippen molar-refractivity contribution in [1.82, 2.24) is 0 Å². The van der Waals surface area contributed by atoms with Crippen LogP contribution in [0.3, 0.4) is 0 Å². The molecule has 0 fully saturated rings. The molecule has 11 heavy (non-hydrogen) atoms. The molecule has 0 spiro atoms. The van der Waals surface area contributed by atoms with Crippen LogP contribution in [0, 0.1) is 0 Å². The van der Waals surface area contributed by atoms with E-state index in [2.05, 4.69) is 11.6 Å². The van der Waals surface area contributed by atoms with Gasteiger partial charge in [0, 0.05) is 18.5 Å². The molecule has 3 atom stereocenters. The summed E-state index contributed by atoms with van der Waals surface area (Å²) in [6.07, 6.45) is 0. The lowest BCUT2D eigenvalue weighted by Crippen LogP contribution is -2.34. The Bertz CT molecular complexity index is 130. The number of hydrogen-bond donors (Lipinski definition) is 0. The van der Waals surface area contributed by atoms with Crippen LogP contribution < -0.4 is 0 Å². The van der Waals surface area contributed by atoms with Crippen molar-refractivity contribution in [3.63, 3.8) is 0 Å². The van der Waals surface area contributed by atoms with E-state index in [1.807, 2.05) is 0 Å². The summed E-state index contributed by atoms with van der Waals surface area (Å²) < 4.78 is 52.2. The van der Waals surface area contributed by atoms with E-state index < -0.39 is 30.6 Å². The lowest BCUT2D eigenvalue weighted by molar-refractivity contribution is 0.190. The Morgan fingerprint density at radius 2 is 1.82 bits per heavy atom. The first kappa shape index (κ1) is 11.7. The Morgan fingerprint density at radius 3 is 1.91 bits per heavy atom. The molecule has 0 saturated heterocycles. The molecular formula is C3H4ClF3O2S2. The van der Waals surface area contributed by atoms with Crippen LogP contribution >= 0.6 is 11.6 Å².